The average molecular weight is 572 g/mol. The second kappa shape index (κ2) is 11.2. The minimum absolute atomic E-state index is 0. The monoisotopic (exact) mass is 571 g/mol. The summed E-state index contributed by atoms with van der Waals surface area (Å²) in [5.74, 6) is -1.15. The summed E-state index contributed by atoms with van der Waals surface area (Å²) in [6.07, 6.45) is -0.890. The molecule has 1 saturated carbocycles. The Morgan fingerprint density at radius 1 is 1.26 bits per heavy atom. The van der Waals surface area contributed by atoms with E-state index in [0.717, 1.165) is 4.68 Å². The molecule has 3 aromatic rings. The number of aromatic nitrogens is 4. The Labute approximate surface area is 227 Å². The predicted molar refractivity (Wildman–Crippen MR) is 139 cm³/mol. The molecule has 14 heteroatoms. The molecule has 0 aliphatic heterocycles. The number of carbonyl (C=O) groups is 2. The van der Waals surface area contributed by atoms with E-state index >= 15 is 0 Å². The number of hydrogen-bond donors (Lipinski definition) is 3. The van der Waals surface area contributed by atoms with Crippen LogP contribution in [0.15, 0.2) is 42.7 Å². The van der Waals surface area contributed by atoms with Crippen LogP contribution in [0.2, 0.25) is 5.02 Å². The number of nitrogens with one attached hydrogen (secondary N) is 2. The fourth-order valence-electron chi connectivity index (χ4n) is 4.05. The first-order valence-electron chi connectivity index (χ1n) is 11.3. The Bertz CT molecular complexity index is 1380. The summed E-state index contributed by atoms with van der Waals surface area (Å²) in [5.41, 5.74) is 5.65. The molecule has 2 aromatic heterocycles. The topological polar surface area (TPSA) is 120 Å². The minimum atomic E-state index is -4.71. The van der Waals surface area contributed by atoms with Crippen LogP contribution in [-0.2, 0) is 19.8 Å². The molecule has 0 unspecified atom stereocenters. The third-order valence-electron chi connectivity index (χ3n) is 5.91. The number of rotatable bonds is 7. The standard InChI is InChI=1S/C24H25ClF3N7O2.ClH/c1-12(2)10-35-11-17(20(33-35)24(26,27)28)19-9-30-21(34(19)3)23(37)31-14-4-5-16(18(25)8-14)22(36)32-15-6-13(29)7-15;/h4-5,8-9,11,13,15H,1,6-7,10,29H2,2-3H3,(H,31,37)(H,32,36);1H. The van der Waals surface area contributed by atoms with Gasteiger partial charge in [-0.1, -0.05) is 23.8 Å². The van der Waals surface area contributed by atoms with Gasteiger partial charge in [0.15, 0.2) is 11.5 Å². The van der Waals surface area contributed by atoms with E-state index in [0.29, 0.717) is 18.4 Å². The number of halogens is 5. The molecule has 2 amide bonds. The van der Waals surface area contributed by atoms with E-state index in [-0.39, 0.29) is 70.3 Å². The molecule has 4 rings (SSSR count). The van der Waals surface area contributed by atoms with Gasteiger partial charge in [-0.2, -0.15) is 18.3 Å². The lowest BCUT2D eigenvalue weighted by Gasteiger charge is -2.33. The van der Waals surface area contributed by atoms with Gasteiger partial charge in [-0.15, -0.1) is 12.4 Å². The van der Waals surface area contributed by atoms with Crippen molar-refractivity contribution in [3.8, 4) is 11.3 Å². The molecule has 0 radical (unpaired) electrons. The van der Waals surface area contributed by atoms with Crippen LogP contribution >= 0.6 is 24.0 Å². The van der Waals surface area contributed by atoms with Crippen LogP contribution in [0.4, 0.5) is 18.9 Å². The van der Waals surface area contributed by atoms with Crippen molar-refractivity contribution in [1.82, 2.24) is 24.6 Å². The molecule has 1 fully saturated rings. The summed E-state index contributed by atoms with van der Waals surface area (Å²) in [6.45, 7) is 5.49. The number of hydrogen-bond acceptors (Lipinski definition) is 5. The number of imidazole rings is 1. The molecule has 2 heterocycles. The molecule has 9 nitrogen and oxygen atoms in total. The van der Waals surface area contributed by atoms with Gasteiger partial charge in [0, 0.05) is 31.0 Å². The summed E-state index contributed by atoms with van der Waals surface area (Å²) in [5, 5.41) is 9.24. The summed E-state index contributed by atoms with van der Waals surface area (Å²) in [6, 6.07) is 4.47. The highest BCUT2D eigenvalue weighted by atomic mass is 35.5. The molecule has 1 aromatic carbocycles. The highest BCUT2D eigenvalue weighted by molar-refractivity contribution is 6.34. The summed E-state index contributed by atoms with van der Waals surface area (Å²) < 4.78 is 43.4. The molecule has 1 aliphatic carbocycles. The van der Waals surface area contributed by atoms with Gasteiger partial charge in [0.1, 0.15) is 0 Å². The molecular formula is C24H26Cl2F3N7O2. The zero-order chi connectivity index (χ0) is 27.1. The molecule has 204 valence electrons. The minimum Gasteiger partial charge on any atom is -0.349 e. The molecule has 0 atom stereocenters. The number of benzene rings is 1. The number of alkyl halides is 3. The first kappa shape index (κ1) is 29.2. The third kappa shape index (κ3) is 6.20. The smallest absolute Gasteiger partial charge is 0.349 e. The van der Waals surface area contributed by atoms with Crippen molar-refractivity contribution in [2.75, 3.05) is 5.32 Å². The molecule has 38 heavy (non-hydrogen) atoms. The van der Waals surface area contributed by atoms with Gasteiger partial charge < -0.3 is 20.9 Å². The fraction of sp³-hybridized carbons (Fsp3) is 0.333. The van der Waals surface area contributed by atoms with E-state index < -0.39 is 17.8 Å². The summed E-state index contributed by atoms with van der Waals surface area (Å²) in [4.78, 5) is 29.4. The Hall–Kier alpha value is -3.35. The lowest BCUT2D eigenvalue weighted by Crippen LogP contribution is -2.50. The maximum Gasteiger partial charge on any atom is 0.435 e. The molecule has 4 N–H and O–H groups in total. The van der Waals surface area contributed by atoms with Gasteiger partial charge >= 0.3 is 6.18 Å². The second-order valence-electron chi connectivity index (χ2n) is 9.12. The van der Waals surface area contributed by atoms with Crippen LogP contribution in [0.3, 0.4) is 0 Å². The van der Waals surface area contributed by atoms with Gasteiger partial charge in [-0.3, -0.25) is 14.3 Å². The van der Waals surface area contributed by atoms with Crippen LogP contribution in [0.25, 0.3) is 11.3 Å². The normalized spacial score (nSPS) is 16.8. The average Bonchev–Trinajstić information content (AvgIpc) is 3.35. The highest BCUT2D eigenvalue weighted by Crippen LogP contribution is 2.36. The first-order valence-corrected chi connectivity index (χ1v) is 11.7. The number of anilines is 1. The van der Waals surface area contributed by atoms with Gasteiger partial charge in [-0.25, -0.2) is 4.98 Å². The van der Waals surface area contributed by atoms with Crippen molar-refractivity contribution in [3.05, 3.63) is 64.8 Å². The van der Waals surface area contributed by atoms with Crippen molar-refractivity contribution in [2.24, 2.45) is 12.8 Å². The van der Waals surface area contributed by atoms with Gasteiger partial charge in [-0.05, 0) is 38.0 Å². The van der Waals surface area contributed by atoms with Crippen molar-refractivity contribution >= 4 is 41.5 Å². The Kier molecular flexibility index (Phi) is 8.59. The SMILES string of the molecule is C=C(C)Cn1cc(-c2cnc(C(=O)Nc3ccc(C(=O)NC4CC(N)C4)c(Cl)c3)n2C)c(C(F)(F)F)n1.Cl. The number of nitrogens with two attached hydrogens (primary N) is 1. The Morgan fingerprint density at radius 2 is 1.95 bits per heavy atom. The van der Waals surface area contributed by atoms with E-state index in [2.05, 4.69) is 27.3 Å². The summed E-state index contributed by atoms with van der Waals surface area (Å²) >= 11 is 6.26. The lowest BCUT2D eigenvalue weighted by atomic mass is 9.87. The van der Waals surface area contributed by atoms with Crippen LogP contribution in [0, 0.1) is 0 Å². The maximum absolute atomic E-state index is 13.7. The largest absolute Gasteiger partial charge is 0.435 e. The van der Waals surface area contributed by atoms with Gasteiger partial charge in [0.05, 0.1) is 34.6 Å². The lowest BCUT2D eigenvalue weighted by molar-refractivity contribution is -0.141. The molecule has 0 spiro atoms. The number of nitrogens with zero attached hydrogens (tertiary/aromatic N) is 4. The maximum atomic E-state index is 13.7. The quantitative estimate of drug-likeness (QED) is 0.362. The van der Waals surface area contributed by atoms with Crippen molar-refractivity contribution in [2.45, 2.75) is 44.6 Å². The fourth-order valence-corrected chi connectivity index (χ4v) is 4.32. The van der Waals surface area contributed by atoms with Crippen molar-refractivity contribution in [1.29, 1.82) is 0 Å². The van der Waals surface area contributed by atoms with Crippen molar-refractivity contribution in [3.63, 3.8) is 0 Å². The molecular weight excluding hydrogens is 546 g/mol. The summed E-state index contributed by atoms with van der Waals surface area (Å²) in [7, 11) is 1.43. The van der Waals surface area contributed by atoms with Crippen LogP contribution < -0.4 is 16.4 Å². The zero-order valence-corrected chi connectivity index (χ0v) is 22.0. The molecule has 0 bridgehead atoms. The van der Waals surface area contributed by atoms with Gasteiger partial charge in [0.25, 0.3) is 11.8 Å². The first-order chi connectivity index (χ1) is 17.3. The van der Waals surface area contributed by atoms with E-state index in [1.54, 1.807) is 6.92 Å². The second-order valence-corrected chi connectivity index (χ2v) is 9.53. The number of allylic oxidation sites excluding steroid dienone is 1. The predicted octanol–water partition coefficient (Wildman–Crippen LogP) is 4.43. The third-order valence-corrected chi connectivity index (χ3v) is 6.22. The number of carbonyl (C=O) groups excluding carboxylic acids is 2. The van der Waals surface area contributed by atoms with Crippen molar-refractivity contribution < 1.29 is 22.8 Å². The van der Waals surface area contributed by atoms with E-state index in [9.17, 15) is 22.8 Å². The van der Waals surface area contributed by atoms with E-state index in [4.69, 9.17) is 17.3 Å². The molecule has 1 aliphatic rings. The highest BCUT2D eigenvalue weighted by Gasteiger charge is 2.38. The Balaban J connectivity index is 0.00000400. The van der Waals surface area contributed by atoms with E-state index in [1.165, 1.54) is 42.2 Å². The Morgan fingerprint density at radius 3 is 2.53 bits per heavy atom. The zero-order valence-electron chi connectivity index (χ0n) is 20.5. The molecule has 0 saturated heterocycles. The van der Waals surface area contributed by atoms with Gasteiger partial charge in [0.2, 0.25) is 0 Å². The van der Waals surface area contributed by atoms with Crippen LogP contribution in [0.1, 0.15) is 46.4 Å². The van der Waals surface area contributed by atoms with E-state index in [1.807, 2.05) is 0 Å². The number of amides is 2. The van der Waals surface area contributed by atoms with Crippen LogP contribution in [0.5, 0.6) is 0 Å². The van der Waals surface area contributed by atoms with Crippen LogP contribution in [-0.4, -0.2) is 43.2 Å².